The van der Waals surface area contributed by atoms with Crippen LogP contribution in [-0.4, -0.2) is 193 Å². The van der Waals surface area contributed by atoms with E-state index in [1.807, 2.05) is 6.08 Å². The van der Waals surface area contributed by atoms with Crippen molar-refractivity contribution in [2.45, 2.75) is 433 Å². The Bertz CT molecular complexity index is 1830. The molecule has 3 rings (SSSR count). The molecule has 3 saturated heterocycles. The van der Waals surface area contributed by atoms with Crippen molar-refractivity contribution in [3.05, 3.63) is 24.3 Å². The van der Waals surface area contributed by atoms with Gasteiger partial charge in [-0.2, -0.15) is 0 Å². The van der Waals surface area contributed by atoms with Gasteiger partial charge in [0.05, 0.1) is 38.6 Å². The van der Waals surface area contributed by atoms with Gasteiger partial charge < -0.3 is 89.9 Å². The molecule has 1 amide bonds. The maximum Gasteiger partial charge on any atom is 0.220 e. The molecule has 0 spiro atoms. The lowest BCUT2D eigenvalue weighted by Gasteiger charge is -2.48. The molecule has 0 saturated carbocycles. The molecular weight excluding hydrogens is 1230 g/mol. The van der Waals surface area contributed by atoms with E-state index in [4.69, 9.17) is 28.4 Å². The van der Waals surface area contributed by atoms with Crippen LogP contribution in [0.3, 0.4) is 0 Å². The van der Waals surface area contributed by atoms with Gasteiger partial charge in [0.1, 0.15) is 73.2 Å². The number of aliphatic hydroxyl groups is 11. The van der Waals surface area contributed by atoms with Gasteiger partial charge >= 0.3 is 0 Å². The maximum atomic E-state index is 13.4. The standard InChI is InChI=1S/C77H145NO18/c1-3-5-7-9-11-13-15-17-19-21-23-24-25-26-27-28-29-30-31-32-33-34-35-37-38-40-42-44-46-48-50-52-54-61(82)60(78-65(83)55-53-51-49-47-45-43-41-39-36-22-20-18-16-14-12-10-8-6-4-2)59-91-75-71(89)68(86)73(63(57-80)93-75)96-77-72(90)69(87)74(64(58-81)94-77)95-76-70(88)67(85)66(84)62(56-79)92-76/h44,46,52,54,60-64,66-77,79-82,84-90H,3-43,45,47-51,53,55-59H2,1-2H3,(H,78,83)/b46-44+,54-52+. The number of hydrogen-bond acceptors (Lipinski definition) is 18. The van der Waals surface area contributed by atoms with Crippen LogP contribution < -0.4 is 5.32 Å². The molecule has 0 aromatic heterocycles. The highest BCUT2D eigenvalue weighted by Gasteiger charge is 2.53. The summed E-state index contributed by atoms with van der Waals surface area (Å²) in [6.45, 7) is 1.77. The number of carbonyl (C=O) groups excluding carboxylic acids is 1. The minimum Gasteiger partial charge on any atom is -0.394 e. The third-order valence-corrected chi connectivity index (χ3v) is 20.0. The van der Waals surface area contributed by atoms with Crippen molar-refractivity contribution in [1.29, 1.82) is 0 Å². The Balaban J connectivity index is 1.38. The average Bonchev–Trinajstić information content (AvgIpc) is 0.786. The molecule has 17 atom stereocenters. The molecule has 0 bridgehead atoms. The van der Waals surface area contributed by atoms with Crippen molar-refractivity contribution in [2.24, 2.45) is 0 Å². The van der Waals surface area contributed by atoms with Crippen LogP contribution in [0.1, 0.15) is 328 Å². The van der Waals surface area contributed by atoms with Gasteiger partial charge in [-0.1, -0.05) is 314 Å². The van der Waals surface area contributed by atoms with Crippen LogP contribution in [0.15, 0.2) is 24.3 Å². The van der Waals surface area contributed by atoms with Gasteiger partial charge in [0.25, 0.3) is 0 Å². The summed E-state index contributed by atoms with van der Waals surface area (Å²) in [5.74, 6) is -0.279. The highest BCUT2D eigenvalue weighted by atomic mass is 16.8. The minimum atomic E-state index is -1.98. The van der Waals surface area contributed by atoms with Gasteiger partial charge in [0, 0.05) is 6.42 Å². The van der Waals surface area contributed by atoms with Crippen LogP contribution in [0.4, 0.5) is 0 Å². The quantitative estimate of drug-likeness (QED) is 0.0199. The monoisotopic (exact) mass is 1370 g/mol. The SMILES string of the molecule is CCCCCCCCCCCCCCCCCCCCCCCCCCCC/C=C/CC/C=C/C(O)C(COC1OC(CO)C(OC2OC(CO)C(OC3OC(CO)C(O)C(O)C3O)C(O)C2O)C(O)C1O)NC(=O)CCCCCCCCCCCCCCCCCCCCC. The zero-order chi connectivity index (χ0) is 69.6. The molecule has 0 radical (unpaired) electrons. The Morgan fingerprint density at radius 3 is 1.04 bits per heavy atom. The largest absolute Gasteiger partial charge is 0.394 e. The predicted octanol–water partition coefficient (Wildman–Crippen LogP) is 12.6. The van der Waals surface area contributed by atoms with E-state index in [2.05, 4.69) is 31.3 Å². The molecule has 3 fully saturated rings. The van der Waals surface area contributed by atoms with E-state index in [0.717, 1.165) is 38.5 Å². The number of aliphatic hydroxyl groups excluding tert-OH is 11. The zero-order valence-electron chi connectivity index (χ0n) is 60.4. The van der Waals surface area contributed by atoms with Crippen LogP contribution in [0.2, 0.25) is 0 Å². The molecular formula is C77H145NO18. The Kier molecular flexibility index (Phi) is 54.1. The van der Waals surface area contributed by atoms with Crippen LogP contribution in [0, 0.1) is 0 Å². The molecule has 17 unspecified atom stereocenters. The summed E-state index contributed by atoms with van der Waals surface area (Å²) in [7, 11) is 0. The molecule has 12 N–H and O–H groups in total. The first-order valence-corrected chi connectivity index (χ1v) is 39.6. The van der Waals surface area contributed by atoms with Crippen LogP contribution >= 0.6 is 0 Å². The van der Waals surface area contributed by atoms with E-state index in [9.17, 15) is 61.0 Å². The highest BCUT2D eigenvalue weighted by molar-refractivity contribution is 5.76. The number of nitrogens with one attached hydrogen (secondary N) is 1. The highest BCUT2D eigenvalue weighted by Crippen LogP contribution is 2.33. The Hall–Kier alpha value is -1.73. The normalized spacial score (nSPS) is 27.1. The molecule has 3 aliphatic rings. The summed E-state index contributed by atoms with van der Waals surface area (Å²) < 4.78 is 34.4. The smallest absolute Gasteiger partial charge is 0.220 e. The van der Waals surface area contributed by atoms with Gasteiger partial charge in [0.15, 0.2) is 18.9 Å². The number of ether oxygens (including phenoxy) is 6. The summed E-state index contributed by atoms with van der Waals surface area (Å²) in [5.41, 5.74) is 0. The third-order valence-electron chi connectivity index (χ3n) is 20.0. The van der Waals surface area contributed by atoms with Gasteiger partial charge in [-0.05, 0) is 32.1 Å². The lowest BCUT2D eigenvalue weighted by molar-refractivity contribution is -0.379. The predicted molar refractivity (Wildman–Crippen MR) is 379 cm³/mol. The summed E-state index contributed by atoms with van der Waals surface area (Å²) in [4.78, 5) is 13.4. The van der Waals surface area contributed by atoms with Gasteiger partial charge in [-0.3, -0.25) is 4.79 Å². The van der Waals surface area contributed by atoms with Crippen LogP contribution in [0.5, 0.6) is 0 Å². The number of unbranched alkanes of at least 4 members (excludes halogenated alkanes) is 45. The maximum absolute atomic E-state index is 13.4. The van der Waals surface area contributed by atoms with Crippen molar-refractivity contribution in [2.75, 3.05) is 26.4 Å². The summed E-state index contributed by atoms with van der Waals surface area (Å²) in [5, 5.41) is 121. The second kappa shape index (κ2) is 58.7. The van der Waals surface area contributed by atoms with E-state index < -0.39 is 124 Å². The summed E-state index contributed by atoms with van der Waals surface area (Å²) >= 11 is 0. The van der Waals surface area contributed by atoms with E-state index in [1.165, 1.54) is 257 Å². The van der Waals surface area contributed by atoms with Crippen molar-refractivity contribution >= 4 is 5.91 Å². The second-order valence-electron chi connectivity index (χ2n) is 28.5. The molecule has 566 valence electrons. The number of rotatable bonds is 63. The third kappa shape index (κ3) is 39.1. The van der Waals surface area contributed by atoms with Crippen molar-refractivity contribution < 1.29 is 89.4 Å². The Labute approximate surface area is 581 Å². The van der Waals surface area contributed by atoms with Crippen LogP contribution in [0.25, 0.3) is 0 Å². The number of allylic oxidation sites excluding steroid dienone is 3. The second-order valence-corrected chi connectivity index (χ2v) is 28.5. The molecule has 19 heteroatoms. The Morgan fingerprint density at radius 1 is 0.365 bits per heavy atom. The van der Waals surface area contributed by atoms with Gasteiger partial charge in [-0.15, -0.1) is 0 Å². The van der Waals surface area contributed by atoms with E-state index in [-0.39, 0.29) is 18.9 Å². The lowest BCUT2D eigenvalue weighted by Crippen LogP contribution is -2.66. The first kappa shape index (κ1) is 88.5. The number of hydrogen-bond donors (Lipinski definition) is 12. The molecule has 3 heterocycles. The zero-order valence-corrected chi connectivity index (χ0v) is 60.4. The van der Waals surface area contributed by atoms with Crippen LogP contribution in [-0.2, 0) is 33.2 Å². The number of amides is 1. The topological polar surface area (TPSA) is 307 Å². The summed E-state index contributed by atoms with van der Waals surface area (Å²) in [6, 6.07) is -0.988. The van der Waals surface area contributed by atoms with E-state index in [0.29, 0.717) is 12.8 Å². The van der Waals surface area contributed by atoms with Crippen molar-refractivity contribution in [3.8, 4) is 0 Å². The molecule has 0 aromatic rings. The first-order valence-electron chi connectivity index (χ1n) is 39.6. The summed E-state index contributed by atoms with van der Waals surface area (Å²) in [6.07, 6.45) is 43.2. The fraction of sp³-hybridized carbons (Fsp3) is 0.935. The van der Waals surface area contributed by atoms with E-state index in [1.54, 1.807) is 6.08 Å². The fourth-order valence-electron chi connectivity index (χ4n) is 13.6. The van der Waals surface area contributed by atoms with E-state index >= 15 is 0 Å². The van der Waals surface area contributed by atoms with Gasteiger partial charge in [0.2, 0.25) is 5.91 Å². The minimum absolute atomic E-state index is 0.241. The molecule has 0 aliphatic carbocycles. The lowest BCUT2D eigenvalue weighted by atomic mass is 9.96. The number of carbonyl (C=O) groups is 1. The Morgan fingerprint density at radius 2 is 0.667 bits per heavy atom. The first-order chi connectivity index (χ1) is 46.8. The molecule has 96 heavy (non-hydrogen) atoms. The van der Waals surface area contributed by atoms with Crippen molar-refractivity contribution in [1.82, 2.24) is 5.32 Å². The van der Waals surface area contributed by atoms with Crippen molar-refractivity contribution in [3.63, 3.8) is 0 Å². The van der Waals surface area contributed by atoms with Gasteiger partial charge in [-0.25, -0.2) is 0 Å². The molecule has 0 aromatic carbocycles. The molecule has 3 aliphatic heterocycles. The average molecular weight is 1370 g/mol. The molecule has 19 nitrogen and oxygen atoms in total. The fourth-order valence-corrected chi connectivity index (χ4v) is 13.6.